The van der Waals surface area contributed by atoms with Gasteiger partial charge in [-0.1, -0.05) is 0 Å². The molecule has 2 aromatic rings. The molecule has 1 aromatic carbocycles. The molecule has 0 spiro atoms. The van der Waals surface area contributed by atoms with Crippen LogP contribution in [0.5, 0.6) is 0 Å². The third-order valence-electron chi connectivity index (χ3n) is 3.43. The number of rotatable bonds is 3. The van der Waals surface area contributed by atoms with E-state index >= 15 is 0 Å². The van der Waals surface area contributed by atoms with Gasteiger partial charge in [0.2, 0.25) is 5.91 Å². The van der Waals surface area contributed by atoms with Crippen LogP contribution in [-0.2, 0) is 9.53 Å². The second-order valence-corrected chi connectivity index (χ2v) is 4.77. The third kappa shape index (κ3) is 2.45. The fraction of sp³-hybridized carbons (Fsp3) is 0.385. The normalized spacial score (nSPS) is 22.2. The molecule has 0 saturated carbocycles. The highest BCUT2D eigenvalue weighted by Crippen LogP contribution is 2.17. The first-order valence-corrected chi connectivity index (χ1v) is 6.35. The summed E-state index contributed by atoms with van der Waals surface area (Å²) >= 11 is 0. The van der Waals surface area contributed by atoms with E-state index in [0.29, 0.717) is 29.8 Å². The minimum Gasteiger partial charge on any atom is -0.408 e. The van der Waals surface area contributed by atoms with Crippen LogP contribution in [0.15, 0.2) is 27.4 Å². The van der Waals surface area contributed by atoms with E-state index in [9.17, 15) is 9.59 Å². The summed E-state index contributed by atoms with van der Waals surface area (Å²) in [5.74, 6) is -0.626. The van der Waals surface area contributed by atoms with Gasteiger partial charge in [-0.3, -0.25) is 9.78 Å². The van der Waals surface area contributed by atoms with E-state index in [-0.39, 0.29) is 18.1 Å². The Bertz CT molecular complexity index is 690. The van der Waals surface area contributed by atoms with Crippen LogP contribution in [-0.4, -0.2) is 36.7 Å². The fourth-order valence-electron chi connectivity index (χ4n) is 2.34. The number of fused-ring (bicyclic) bond motifs is 1. The van der Waals surface area contributed by atoms with Gasteiger partial charge in [0, 0.05) is 19.3 Å². The second kappa shape index (κ2) is 5.10. The van der Waals surface area contributed by atoms with E-state index in [1.54, 1.807) is 25.3 Å². The molecule has 0 bridgehead atoms. The van der Waals surface area contributed by atoms with E-state index < -0.39 is 5.76 Å². The van der Waals surface area contributed by atoms with Crippen LogP contribution in [0.4, 0.5) is 5.69 Å². The summed E-state index contributed by atoms with van der Waals surface area (Å²) in [5, 5.41) is 5.91. The lowest BCUT2D eigenvalue weighted by Gasteiger charge is -2.11. The van der Waals surface area contributed by atoms with Crippen molar-refractivity contribution < 1.29 is 13.9 Å². The fourth-order valence-corrected chi connectivity index (χ4v) is 2.34. The first-order chi connectivity index (χ1) is 9.65. The summed E-state index contributed by atoms with van der Waals surface area (Å²) in [6.45, 7) is 0.669. The lowest BCUT2D eigenvalue weighted by molar-refractivity contribution is -0.118. The monoisotopic (exact) mass is 277 g/mol. The Morgan fingerprint density at radius 1 is 1.50 bits per heavy atom. The van der Waals surface area contributed by atoms with Crippen molar-refractivity contribution in [3.05, 3.63) is 28.7 Å². The molecule has 20 heavy (non-hydrogen) atoms. The molecule has 106 valence electrons. The number of methoxy groups -OCH3 is 1. The highest BCUT2D eigenvalue weighted by molar-refractivity contribution is 5.96. The Kier molecular flexibility index (Phi) is 3.29. The topological polar surface area (TPSA) is 96.4 Å². The molecule has 1 amide bonds. The first kappa shape index (κ1) is 12.9. The number of benzene rings is 1. The number of aromatic nitrogens is 1. The molecule has 2 heterocycles. The minimum atomic E-state index is -0.510. The lowest BCUT2D eigenvalue weighted by atomic mass is 10.2. The molecule has 7 heteroatoms. The van der Waals surface area contributed by atoms with Crippen LogP contribution < -0.4 is 16.4 Å². The molecule has 7 nitrogen and oxygen atoms in total. The van der Waals surface area contributed by atoms with Crippen molar-refractivity contribution in [2.45, 2.75) is 18.6 Å². The molecule has 0 radical (unpaired) electrons. The summed E-state index contributed by atoms with van der Waals surface area (Å²) in [5.41, 5.74) is 1.63. The van der Waals surface area contributed by atoms with E-state index in [4.69, 9.17) is 9.15 Å². The van der Waals surface area contributed by atoms with Crippen LogP contribution in [0.2, 0.25) is 0 Å². The van der Waals surface area contributed by atoms with Crippen molar-refractivity contribution >= 4 is 22.7 Å². The molecule has 1 aromatic heterocycles. The average Bonchev–Trinajstić information content (AvgIpc) is 3.03. The molecule has 1 saturated heterocycles. The summed E-state index contributed by atoms with van der Waals surface area (Å²) in [4.78, 5) is 25.7. The van der Waals surface area contributed by atoms with Gasteiger partial charge < -0.3 is 19.8 Å². The largest absolute Gasteiger partial charge is 0.417 e. The van der Waals surface area contributed by atoms with Crippen molar-refractivity contribution in [1.29, 1.82) is 0 Å². The number of ether oxygens (including phenoxy) is 1. The SMILES string of the molecule is COC1CNC(C(=O)Nc2ccc3oc(=O)[nH]c3c2)C1. The van der Waals surface area contributed by atoms with Crippen molar-refractivity contribution in [1.82, 2.24) is 10.3 Å². The van der Waals surface area contributed by atoms with Gasteiger partial charge >= 0.3 is 5.76 Å². The quantitative estimate of drug-likeness (QED) is 0.756. The van der Waals surface area contributed by atoms with E-state index in [1.807, 2.05) is 0 Å². The van der Waals surface area contributed by atoms with Crippen LogP contribution >= 0.6 is 0 Å². The summed E-state index contributed by atoms with van der Waals surface area (Å²) in [7, 11) is 1.63. The number of oxazole rings is 1. The van der Waals surface area contributed by atoms with Gasteiger partial charge in [-0.05, 0) is 24.6 Å². The Morgan fingerprint density at radius 3 is 3.10 bits per heavy atom. The maximum atomic E-state index is 12.1. The van der Waals surface area contributed by atoms with E-state index in [2.05, 4.69) is 15.6 Å². The van der Waals surface area contributed by atoms with Crippen LogP contribution in [0.25, 0.3) is 11.1 Å². The third-order valence-corrected chi connectivity index (χ3v) is 3.43. The van der Waals surface area contributed by atoms with Crippen molar-refractivity contribution in [2.75, 3.05) is 19.0 Å². The summed E-state index contributed by atoms with van der Waals surface area (Å²) in [6, 6.07) is 4.74. The molecule has 1 fully saturated rings. The predicted octanol–water partition coefficient (Wildman–Crippen LogP) is 0.436. The Labute approximate surface area is 114 Å². The number of nitrogens with one attached hydrogen (secondary N) is 3. The molecule has 0 aliphatic carbocycles. The molecule has 1 aliphatic rings. The molecular formula is C13H15N3O4. The number of hydrogen-bond donors (Lipinski definition) is 3. The molecule has 3 N–H and O–H groups in total. The standard InChI is InChI=1S/C13H15N3O4/c1-19-8-5-10(14-6-8)12(17)15-7-2-3-11-9(4-7)16-13(18)20-11/h2-4,8,10,14H,5-6H2,1H3,(H,15,17)(H,16,18). The minimum absolute atomic E-state index is 0.0680. The number of hydrogen-bond acceptors (Lipinski definition) is 5. The molecule has 3 rings (SSSR count). The van der Waals surface area contributed by atoms with E-state index in [1.165, 1.54) is 0 Å². The van der Waals surface area contributed by atoms with Crippen LogP contribution in [0, 0.1) is 0 Å². The van der Waals surface area contributed by atoms with Crippen molar-refractivity contribution in [3.63, 3.8) is 0 Å². The first-order valence-electron chi connectivity index (χ1n) is 6.35. The van der Waals surface area contributed by atoms with Gasteiger partial charge in [-0.25, -0.2) is 4.79 Å². The van der Waals surface area contributed by atoms with Gasteiger partial charge in [-0.15, -0.1) is 0 Å². The predicted molar refractivity (Wildman–Crippen MR) is 72.7 cm³/mol. The number of amides is 1. The maximum Gasteiger partial charge on any atom is 0.417 e. The van der Waals surface area contributed by atoms with Gasteiger partial charge in [0.25, 0.3) is 0 Å². The van der Waals surface area contributed by atoms with Crippen molar-refractivity contribution in [2.24, 2.45) is 0 Å². The van der Waals surface area contributed by atoms with Gasteiger partial charge in [-0.2, -0.15) is 0 Å². The lowest BCUT2D eigenvalue weighted by Crippen LogP contribution is -2.35. The molecular weight excluding hydrogens is 262 g/mol. The number of carbonyl (C=O) groups is 1. The van der Waals surface area contributed by atoms with Gasteiger partial charge in [0.15, 0.2) is 5.58 Å². The number of aromatic amines is 1. The highest BCUT2D eigenvalue weighted by Gasteiger charge is 2.29. The molecule has 2 unspecified atom stereocenters. The summed E-state index contributed by atoms with van der Waals surface area (Å²) < 4.78 is 10.1. The van der Waals surface area contributed by atoms with Gasteiger partial charge in [0.05, 0.1) is 17.7 Å². The van der Waals surface area contributed by atoms with Crippen LogP contribution in [0.3, 0.4) is 0 Å². The maximum absolute atomic E-state index is 12.1. The number of carbonyl (C=O) groups excluding carboxylic acids is 1. The Hall–Kier alpha value is -2.12. The molecule has 1 aliphatic heterocycles. The summed E-state index contributed by atoms with van der Waals surface area (Å²) in [6.07, 6.45) is 0.714. The highest BCUT2D eigenvalue weighted by atomic mass is 16.5. The zero-order valence-electron chi connectivity index (χ0n) is 10.9. The number of anilines is 1. The van der Waals surface area contributed by atoms with Crippen molar-refractivity contribution in [3.8, 4) is 0 Å². The Morgan fingerprint density at radius 2 is 2.35 bits per heavy atom. The Balaban J connectivity index is 1.72. The number of H-pyrrole nitrogens is 1. The molecule has 2 atom stereocenters. The smallest absolute Gasteiger partial charge is 0.408 e. The zero-order chi connectivity index (χ0) is 14.1. The second-order valence-electron chi connectivity index (χ2n) is 4.77. The average molecular weight is 277 g/mol. The van der Waals surface area contributed by atoms with Gasteiger partial charge in [0.1, 0.15) is 0 Å². The zero-order valence-corrected chi connectivity index (χ0v) is 10.9. The van der Waals surface area contributed by atoms with E-state index in [0.717, 1.165) is 0 Å². The van der Waals surface area contributed by atoms with Crippen LogP contribution in [0.1, 0.15) is 6.42 Å².